The summed E-state index contributed by atoms with van der Waals surface area (Å²) >= 11 is 6.02. The molecule has 2 aromatic carbocycles. The van der Waals surface area contributed by atoms with Crippen LogP contribution in [0.4, 0.5) is 19.3 Å². The maximum Gasteiger partial charge on any atom is 0.411 e. The highest BCUT2D eigenvalue weighted by molar-refractivity contribution is 6.31. The number of halogens is 3. The van der Waals surface area contributed by atoms with E-state index in [0.29, 0.717) is 28.9 Å². The first-order chi connectivity index (χ1) is 12.9. The van der Waals surface area contributed by atoms with E-state index < -0.39 is 17.7 Å². The van der Waals surface area contributed by atoms with Crippen LogP contribution in [-0.2, 0) is 4.74 Å². The van der Waals surface area contributed by atoms with Crippen molar-refractivity contribution < 1.29 is 18.3 Å². The van der Waals surface area contributed by atoms with Crippen LogP contribution in [0.25, 0.3) is 11.1 Å². The van der Waals surface area contributed by atoms with Crippen LogP contribution in [0.1, 0.15) is 19.3 Å². The largest absolute Gasteiger partial charge is 0.449 e. The molecule has 0 radical (unpaired) electrons. The Kier molecular flexibility index (Phi) is 6.29. The Hall–Kier alpha value is -2.18. The van der Waals surface area contributed by atoms with Gasteiger partial charge in [-0.2, -0.15) is 0 Å². The summed E-state index contributed by atoms with van der Waals surface area (Å²) in [5.41, 5.74) is 1.05. The summed E-state index contributed by atoms with van der Waals surface area (Å²) < 4.78 is 32.4. The first kappa shape index (κ1) is 19.6. The normalized spacial score (nSPS) is 17.1. The van der Waals surface area contributed by atoms with E-state index in [1.165, 1.54) is 12.1 Å². The molecule has 1 atom stereocenters. The monoisotopic (exact) mass is 394 g/mol. The summed E-state index contributed by atoms with van der Waals surface area (Å²) in [6.07, 6.45) is 2.42. The zero-order valence-corrected chi connectivity index (χ0v) is 15.7. The maximum absolute atomic E-state index is 13.6. The number of anilines is 1. The summed E-state index contributed by atoms with van der Waals surface area (Å²) in [7, 11) is 2.07. The molecule has 1 unspecified atom stereocenters. The lowest BCUT2D eigenvalue weighted by Gasteiger charge is -2.19. The zero-order valence-electron chi connectivity index (χ0n) is 15.0. The molecule has 1 fully saturated rings. The highest BCUT2D eigenvalue weighted by Gasteiger charge is 2.21. The number of hydrogen-bond acceptors (Lipinski definition) is 3. The molecule has 2 aromatic rings. The number of carbonyl (C=O) groups is 1. The van der Waals surface area contributed by atoms with Crippen LogP contribution in [0.3, 0.4) is 0 Å². The molecule has 1 aliphatic rings. The number of rotatable bonds is 5. The van der Waals surface area contributed by atoms with E-state index >= 15 is 0 Å². The van der Waals surface area contributed by atoms with Crippen LogP contribution in [0.5, 0.6) is 0 Å². The fourth-order valence-corrected chi connectivity index (χ4v) is 3.52. The van der Waals surface area contributed by atoms with Crippen molar-refractivity contribution in [2.24, 2.45) is 0 Å². The smallest absolute Gasteiger partial charge is 0.411 e. The molecular weight excluding hydrogens is 374 g/mol. The van der Waals surface area contributed by atoms with Gasteiger partial charge >= 0.3 is 6.09 Å². The topological polar surface area (TPSA) is 41.6 Å². The third kappa shape index (κ3) is 5.17. The quantitative estimate of drug-likeness (QED) is 0.746. The van der Waals surface area contributed by atoms with Crippen molar-refractivity contribution in [3.05, 3.63) is 53.1 Å². The molecular formula is C20H21ClF2N2O2. The number of ether oxygens (including phenoxy) is 1. The first-order valence-corrected chi connectivity index (χ1v) is 9.20. The Bertz CT molecular complexity index is 811. The van der Waals surface area contributed by atoms with E-state index in [0.717, 1.165) is 31.9 Å². The first-order valence-electron chi connectivity index (χ1n) is 8.82. The predicted molar refractivity (Wildman–Crippen MR) is 102 cm³/mol. The Morgan fingerprint density at radius 3 is 2.67 bits per heavy atom. The minimum absolute atomic E-state index is 0.276. The molecule has 144 valence electrons. The van der Waals surface area contributed by atoms with Crippen molar-refractivity contribution in [3.63, 3.8) is 0 Å². The summed E-state index contributed by atoms with van der Waals surface area (Å²) in [5, 5.41) is 3.02. The van der Waals surface area contributed by atoms with Crippen LogP contribution in [0.15, 0.2) is 36.4 Å². The van der Waals surface area contributed by atoms with Crippen LogP contribution in [-0.4, -0.2) is 37.2 Å². The van der Waals surface area contributed by atoms with Gasteiger partial charge in [0.1, 0.15) is 11.6 Å². The van der Waals surface area contributed by atoms with Gasteiger partial charge in [0, 0.05) is 22.7 Å². The fourth-order valence-electron chi connectivity index (χ4n) is 3.35. The Morgan fingerprint density at radius 2 is 2.00 bits per heavy atom. The molecule has 0 bridgehead atoms. The maximum atomic E-state index is 13.6. The number of nitrogens with one attached hydrogen (secondary N) is 1. The van der Waals surface area contributed by atoms with Crippen LogP contribution in [0, 0.1) is 11.6 Å². The van der Waals surface area contributed by atoms with Gasteiger partial charge in [-0.1, -0.05) is 11.6 Å². The van der Waals surface area contributed by atoms with Gasteiger partial charge in [-0.05, 0) is 68.8 Å². The molecule has 4 nitrogen and oxygen atoms in total. The number of hydrogen-bond donors (Lipinski definition) is 1. The third-order valence-corrected chi connectivity index (χ3v) is 4.98. The van der Waals surface area contributed by atoms with Crippen molar-refractivity contribution in [2.75, 3.05) is 25.5 Å². The van der Waals surface area contributed by atoms with E-state index in [4.69, 9.17) is 16.3 Å². The Morgan fingerprint density at radius 1 is 1.26 bits per heavy atom. The van der Waals surface area contributed by atoms with E-state index in [1.54, 1.807) is 18.2 Å². The van der Waals surface area contributed by atoms with E-state index in [1.807, 2.05) is 0 Å². The molecule has 0 aromatic heterocycles. The lowest BCUT2D eigenvalue weighted by atomic mass is 10.0. The van der Waals surface area contributed by atoms with Crippen LogP contribution in [0.2, 0.25) is 5.02 Å². The number of benzene rings is 2. The van der Waals surface area contributed by atoms with Crippen LogP contribution >= 0.6 is 11.6 Å². The average Bonchev–Trinajstić information content (AvgIpc) is 3.01. The Labute approximate surface area is 162 Å². The predicted octanol–water partition coefficient (Wildman–Crippen LogP) is 5.32. The lowest BCUT2D eigenvalue weighted by molar-refractivity contribution is 0.147. The second-order valence-corrected chi connectivity index (χ2v) is 7.11. The van der Waals surface area contributed by atoms with Gasteiger partial charge in [0.25, 0.3) is 0 Å². The highest BCUT2D eigenvalue weighted by atomic mass is 35.5. The average molecular weight is 395 g/mol. The van der Waals surface area contributed by atoms with Crippen molar-refractivity contribution in [3.8, 4) is 11.1 Å². The number of carbonyl (C=O) groups excluding carboxylic acids is 1. The van der Waals surface area contributed by atoms with Gasteiger partial charge in [0.05, 0.1) is 12.3 Å². The Balaban J connectivity index is 1.68. The van der Waals surface area contributed by atoms with Gasteiger partial charge in [-0.15, -0.1) is 0 Å². The summed E-state index contributed by atoms with van der Waals surface area (Å²) in [6, 6.07) is 8.28. The number of amides is 1. The zero-order chi connectivity index (χ0) is 19.4. The van der Waals surface area contributed by atoms with Crippen molar-refractivity contribution in [1.29, 1.82) is 0 Å². The molecule has 0 saturated carbocycles. The third-order valence-electron chi connectivity index (χ3n) is 4.75. The van der Waals surface area contributed by atoms with E-state index in [-0.39, 0.29) is 5.56 Å². The molecule has 1 heterocycles. The second kappa shape index (κ2) is 8.67. The lowest BCUT2D eigenvalue weighted by Crippen LogP contribution is -2.27. The molecule has 1 amide bonds. The molecule has 1 aliphatic heterocycles. The van der Waals surface area contributed by atoms with Crippen molar-refractivity contribution >= 4 is 23.4 Å². The molecule has 7 heteroatoms. The molecule has 3 rings (SSSR count). The highest BCUT2D eigenvalue weighted by Crippen LogP contribution is 2.32. The minimum atomic E-state index is -0.709. The summed E-state index contributed by atoms with van der Waals surface area (Å²) in [5.74, 6) is -1.42. The molecule has 0 spiro atoms. The van der Waals surface area contributed by atoms with Gasteiger partial charge in [0.2, 0.25) is 0 Å². The van der Waals surface area contributed by atoms with Gasteiger partial charge in [-0.25, -0.2) is 13.6 Å². The molecule has 0 aliphatic carbocycles. The van der Waals surface area contributed by atoms with E-state index in [9.17, 15) is 13.6 Å². The summed E-state index contributed by atoms with van der Waals surface area (Å²) in [6.45, 7) is 1.37. The number of nitrogens with zero attached hydrogens (tertiary/aromatic N) is 1. The van der Waals surface area contributed by atoms with Crippen LogP contribution < -0.4 is 5.32 Å². The molecule has 1 N–H and O–H groups in total. The SMILES string of the molecule is CN1CCCC1CCOC(=O)Nc1ccc(Cl)cc1-c1cc(F)cc(F)c1. The molecule has 1 saturated heterocycles. The summed E-state index contributed by atoms with van der Waals surface area (Å²) in [4.78, 5) is 14.4. The van der Waals surface area contributed by atoms with Gasteiger partial charge in [-0.3, -0.25) is 5.32 Å². The van der Waals surface area contributed by atoms with Crippen molar-refractivity contribution in [2.45, 2.75) is 25.3 Å². The standard InChI is InChI=1S/C20H21ClF2N2O2/c1-25-7-2-3-17(25)6-8-27-20(26)24-19-5-4-14(21)11-18(19)13-9-15(22)12-16(23)10-13/h4-5,9-12,17H,2-3,6-8H2,1H3,(H,24,26). The van der Waals surface area contributed by atoms with Gasteiger partial charge in [0.15, 0.2) is 0 Å². The molecule has 27 heavy (non-hydrogen) atoms. The number of likely N-dealkylation sites (tertiary alicyclic amines) is 1. The second-order valence-electron chi connectivity index (χ2n) is 6.67. The van der Waals surface area contributed by atoms with Crippen molar-refractivity contribution in [1.82, 2.24) is 4.90 Å². The van der Waals surface area contributed by atoms with Gasteiger partial charge < -0.3 is 9.64 Å². The fraction of sp³-hybridized carbons (Fsp3) is 0.350. The minimum Gasteiger partial charge on any atom is -0.449 e. The van der Waals surface area contributed by atoms with E-state index in [2.05, 4.69) is 17.3 Å².